The molecule has 2 aromatic heterocycles. The predicted octanol–water partition coefficient (Wildman–Crippen LogP) is 6.81. The van der Waals surface area contributed by atoms with E-state index in [0.717, 1.165) is 10.9 Å². The number of aryl methyl sites for hydroxylation is 1. The fraction of sp³-hybridized carbons (Fsp3) is 0.0909. The number of phenols is 1. The van der Waals surface area contributed by atoms with Crippen molar-refractivity contribution in [1.29, 1.82) is 0 Å². The van der Waals surface area contributed by atoms with Gasteiger partial charge in [0.15, 0.2) is 0 Å². The first kappa shape index (κ1) is 19.8. The van der Waals surface area contributed by atoms with E-state index in [-0.39, 0.29) is 5.75 Å². The lowest BCUT2D eigenvalue weighted by atomic mass is 9.96. The second-order valence-corrected chi connectivity index (χ2v) is 7.83. The van der Waals surface area contributed by atoms with Gasteiger partial charge in [0.25, 0.3) is 0 Å². The highest BCUT2D eigenvalue weighted by Crippen LogP contribution is 2.41. The third kappa shape index (κ3) is 3.84. The minimum atomic E-state index is -0.560. The second-order valence-electron chi connectivity index (χ2n) is 6.61. The highest BCUT2D eigenvalue weighted by molar-refractivity contribution is 6.36. The largest absolute Gasteiger partial charge is 0.505 e. The Morgan fingerprint density at radius 1 is 0.931 bits per heavy atom. The van der Waals surface area contributed by atoms with Gasteiger partial charge in [-0.15, -0.1) is 0 Å². The molecule has 4 rings (SSSR count). The predicted molar refractivity (Wildman–Crippen MR) is 119 cm³/mol. The molecule has 1 unspecified atom stereocenters. The van der Waals surface area contributed by atoms with Crippen LogP contribution in [0, 0.1) is 6.92 Å². The van der Waals surface area contributed by atoms with E-state index in [1.807, 2.05) is 37.3 Å². The minimum absolute atomic E-state index is 0.0577. The van der Waals surface area contributed by atoms with E-state index in [1.54, 1.807) is 30.6 Å². The molecule has 0 aliphatic rings. The lowest BCUT2D eigenvalue weighted by Crippen LogP contribution is -2.15. The molecule has 0 fully saturated rings. The number of pyridine rings is 2. The highest BCUT2D eigenvalue weighted by atomic mass is 35.5. The third-order valence-electron chi connectivity index (χ3n) is 4.72. The maximum absolute atomic E-state index is 11.0. The molecule has 0 saturated carbocycles. The fourth-order valence-corrected chi connectivity index (χ4v) is 3.96. The summed E-state index contributed by atoms with van der Waals surface area (Å²) >= 11 is 19.1. The number of aromatic hydroxyl groups is 1. The lowest BCUT2D eigenvalue weighted by Gasteiger charge is -2.24. The third-order valence-corrected chi connectivity index (χ3v) is 5.77. The summed E-state index contributed by atoms with van der Waals surface area (Å²) in [6.07, 6.45) is 3.22. The van der Waals surface area contributed by atoms with Crippen molar-refractivity contribution in [2.24, 2.45) is 0 Å². The molecule has 1 atom stereocenters. The molecule has 0 bridgehead atoms. The molecule has 4 aromatic rings. The van der Waals surface area contributed by atoms with Crippen LogP contribution in [0.15, 0.2) is 60.9 Å². The Balaban J connectivity index is 1.91. The topological polar surface area (TPSA) is 58.0 Å². The van der Waals surface area contributed by atoms with Crippen molar-refractivity contribution in [3.63, 3.8) is 0 Å². The molecular weight excluding hydrogens is 429 g/mol. The van der Waals surface area contributed by atoms with E-state index >= 15 is 0 Å². The summed E-state index contributed by atoms with van der Waals surface area (Å²) in [5.41, 5.74) is 2.59. The van der Waals surface area contributed by atoms with Gasteiger partial charge in [-0.3, -0.25) is 4.98 Å². The van der Waals surface area contributed by atoms with Gasteiger partial charge >= 0.3 is 0 Å². The molecule has 0 aliphatic heterocycles. The summed E-state index contributed by atoms with van der Waals surface area (Å²) in [5.74, 6) is 0.635. The normalized spacial score (nSPS) is 12.1. The van der Waals surface area contributed by atoms with Crippen LogP contribution in [-0.2, 0) is 0 Å². The summed E-state index contributed by atoms with van der Waals surface area (Å²) < 4.78 is 0. The maximum atomic E-state index is 11.0. The fourth-order valence-electron chi connectivity index (χ4n) is 3.24. The Hall–Kier alpha value is -2.53. The molecule has 0 saturated heterocycles. The molecule has 7 heteroatoms. The number of hydrogen-bond acceptors (Lipinski definition) is 4. The number of fused-ring (bicyclic) bond motifs is 1. The van der Waals surface area contributed by atoms with Gasteiger partial charge in [0.05, 0.1) is 11.1 Å². The van der Waals surface area contributed by atoms with Gasteiger partial charge in [-0.25, -0.2) is 4.98 Å². The Labute approximate surface area is 183 Å². The molecule has 2 aromatic carbocycles. The molecule has 2 N–H and O–H groups in total. The van der Waals surface area contributed by atoms with Crippen molar-refractivity contribution in [3.05, 3.63) is 92.7 Å². The van der Waals surface area contributed by atoms with Crippen LogP contribution >= 0.6 is 34.8 Å². The zero-order valence-electron chi connectivity index (χ0n) is 15.3. The second kappa shape index (κ2) is 8.07. The van der Waals surface area contributed by atoms with Gasteiger partial charge < -0.3 is 10.4 Å². The molecule has 0 spiro atoms. The number of phenolic OH excluding ortho intramolecular Hbond substituents is 1. The van der Waals surface area contributed by atoms with Crippen LogP contribution in [-0.4, -0.2) is 15.1 Å². The lowest BCUT2D eigenvalue weighted by molar-refractivity contribution is 0.471. The average Bonchev–Trinajstić information content (AvgIpc) is 2.70. The standard InChI is InChI=1S/C22H16Cl3N3O/c1-12-10-18(27-11-17(12)25)28-21(19-15(23)5-2-6-16(19)24)14-8-7-13-4-3-9-26-20(13)22(14)29/h2-11,21,29H,1H3,(H,27,28). The van der Waals surface area contributed by atoms with E-state index < -0.39 is 6.04 Å². The van der Waals surface area contributed by atoms with Crippen LogP contribution in [0.3, 0.4) is 0 Å². The van der Waals surface area contributed by atoms with Crippen LogP contribution in [0.2, 0.25) is 15.1 Å². The molecule has 4 nitrogen and oxygen atoms in total. The van der Waals surface area contributed by atoms with Gasteiger partial charge in [0.1, 0.15) is 17.1 Å². The van der Waals surface area contributed by atoms with Crippen molar-refractivity contribution in [1.82, 2.24) is 9.97 Å². The van der Waals surface area contributed by atoms with E-state index in [1.165, 1.54) is 0 Å². The molecular formula is C22H16Cl3N3O. The summed E-state index contributed by atoms with van der Waals surface area (Å²) in [4.78, 5) is 8.67. The smallest absolute Gasteiger partial charge is 0.147 e. The first-order valence-electron chi connectivity index (χ1n) is 8.85. The van der Waals surface area contributed by atoms with Gasteiger partial charge in [-0.1, -0.05) is 59.1 Å². The number of benzene rings is 2. The molecule has 0 aliphatic carbocycles. The number of aromatic nitrogens is 2. The summed E-state index contributed by atoms with van der Waals surface area (Å²) in [7, 11) is 0. The first-order chi connectivity index (χ1) is 14.0. The zero-order valence-corrected chi connectivity index (χ0v) is 17.6. The van der Waals surface area contributed by atoms with Gasteiger partial charge in [0.2, 0.25) is 0 Å². The Kier molecular flexibility index (Phi) is 5.50. The Bertz CT molecular complexity index is 1190. The van der Waals surface area contributed by atoms with Crippen LogP contribution in [0.25, 0.3) is 10.9 Å². The van der Waals surface area contributed by atoms with Gasteiger partial charge in [-0.05, 0) is 36.8 Å². The Morgan fingerprint density at radius 3 is 2.41 bits per heavy atom. The van der Waals surface area contributed by atoms with Crippen LogP contribution in [0.5, 0.6) is 5.75 Å². The van der Waals surface area contributed by atoms with E-state index in [0.29, 0.717) is 37.5 Å². The van der Waals surface area contributed by atoms with Crippen molar-refractivity contribution in [3.8, 4) is 5.75 Å². The first-order valence-corrected chi connectivity index (χ1v) is 9.98. The van der Waals surface area contributed by atoms with Crippen molar-refractivity contribution < 1.29 is 5.11 Å². The van der Waals surface area contributed by atoms with E-state index in [9.17, 15) is 5.11 Å². The molecule has 29 heavy (non-hydrogen) atoms. The highest BCUT2D eigenvalue weighted by Gasteiger charge is 2.24. The zero-order chi connectivity index (χ0) is 20.5. The SMILES string of the molecule is Cc1cc(NC(c2ccc3cccnc3c2O)c2c(Cl)cccc2Cl)ncc1Cl. The number of halogens is 3. The van der Waals surface area contributed by atoms with Crippen LogP contribution in [0.4, 0.5) is 5.82 Å². The Morgan fingerprint density at radius 2 is 1.69 bits per heavy atom. The molecule has 146 valence electrons. The van der Waals surface area contributed by atoms with Gasteiger partial charge in [0, 0.05) is 39.0 Å². The van der Waals surface area contributed by atoms with Crippen molar-refractivity contribution >= 4 is 51.5 Å². The summed E-state index contributed by atoms with van der Waals surface area (Å²) in [5, 5.41) is 16.7. The van der Waals surface area contributed by atoms with Gasteiger partial charge in [-0.2, -0.15) is 0 Å². The molecule has 0 amide bonds. The number of nitrogens with zero attached hydrogens (tertiary/aromatic N) is 2. The number of nitrogens with one attached hydrogen (secondary N) is 1. The van der Waals surface area contributed by atoms with Crippen LogP contribution < -0.4 is 5.32 Å². The molecule has 0 radical (unpaired) electrons. The minimum Gasteiger partial charge on any atom is -0.505 e. The maximum Gasteiger partial charge on any atom is 0.147 e. The van der Waals surface area contributed by atoms with Crippen molar-refractivity contribution in [2.75, 3.05) is 5.32 Å². The van der Waals surface area contributed by atoms with Crippen molar-refractivity contribution in [2.45, 2.75) is 13.0 Å². The van der Waals surface area contributed by atoms with Crippen LogP contribution in [0.1, 0.15) is 22.7 Å². The number of hydrogen-bond donors (Lipinski definition) is 2. The van der Waals surface area contributed by atoms with E-state index in [4.69, 9.17) is 34.8 Å². The average molecular weight is 445 g/mol. The number of anilines is 1. The quantitative estimate of drug-likeness (QED) is 0.363. The monoisotopic (exact) mass is 443 g/mol. The number of rotatable bonds is 4. The summed E-state index contributed by atoms with van der Waals surface area (Å²) in [6, 6.07) is 14.0. The summed E-state index contributed by atoms with van der Waals surface area (Å²) in [6.45, 7) is 1.89. The molecule has 2 heterocycles. The van der Waals surface area contributed by atoms with E-state index in [2.05, 4.69) is 15.3 Å².